The van der Waals surface area contributed by atoms with Gasteiger partial charge in [0.15, 0.2) is 9.84 Å². The number of hydrogen-bond donors (Lipinski definition) is 1. The molecule has 1 N–H and O–H groups in total. The number of benzene rings is 2. The van der Waals surface area contributed by atoms with Crippen molar-refractivity contribution in [2.45, 2.75) is 24.4 Å². The Morgan fingerprint density at radius 1 is 1.10 bits per heavy atom. The van der Waals surface area contributed by atoms with Gasteiger partial charge in [0.25, 0.3) is 0 Å². The molecule has 0 saturated carbocycles. The lowest BCUT2D eigenvalue weighted by Gasteiger charge is -2.23. The third-order valence-electron chi connectivity index (χ3n) is 4.34. The second-order valence-electron chi connectivity index (χ2n) is 6.95. The van der Waals surface area contributed by atoms with E-state index in [9.17, 15) is 18.4 Å². The van der Waals surface area contributed by atoms with Gasteiger partial charge in [-0.25, -0.2) is 13.5 Å². The number of rotatable bonds is 10. The smallest absolute Gasteiger partial charge is 0.233 e. The minimum absolute atomic E-state index is 0.0740. The summed E-state index contributed by atoms with van der Waals surface area (Å²) in [4.78, 5) is 13.2. The van der Waals surface area contributed by atoms with Gasteiger partial charge in [0.05, 0.1) is 16.7 Å². The Kier molecular flexibility index (Phi) is 8.42. The highest BCUT2D eigenvalue weighted by Crippen LogP contribution is 2.25. The van der Waals surface area contributed by atoms with Crippen molar-refractivity contribution in [3.05, 3.63) is 59.7 Å². The van der Waals surface area contributed by atoms with E-state index in [-0.39, 0.29) is 17.9 Å². The summed E-state index contributed by atoms with van der Waals surface area (Å²) in [5, 5.41) is 10.4. The van der Waals surface area contributed by atoms with Gasteiger partial charge in [-0.3, -0.25) is 10.0 Å². The molecule has 1 unspecified atom stereocenters. The van der Waals surface area contributed by atoms with E-state index in [1.54, 1.807) is 31.2 Å². The molecule has 0 aromatic heterocycles. The molecular formula is C22H26N2O5S. The highest BCUT2D eigenvalue weighted by Gasteiger charge is 2.27. The first kappa shape index (κ1) is 23.4. The Bertz CT molecular complexity index is 991. The molecule has 30 heavy (non-hydrogen) atoms. The number of hydrogen-bond acceptors (Lipinski definition) is 6. The SMILES string of the molecule is CC#CCOc1ccc(S(=O)(=O)CC(c2ccc(CN(C)C)cc2)N(O)C=O)cc1. The van der Waals surface area contributed by atoms with Crippen LogP contribution in [0.5, 0.6) is 5.75 Å². The van der Waals surface area contributed by atoms with E-state index >= 15 is 0 Å². The molecule has 0 aliphatic heterocycles. The van der Waals surface area contributed by atoms with E-state index in [0.29, 0.717) is 16.4 Å². The van der Waals surface area contributed by atoms with Crippen molar-refractivity contribution >= 4 is 16.2 Å². The van der Waals surface area contributed by atoms with Crippen LogP contribution in [0, 0.1) is 11.8 Å². The van der Waals surface area contributed by atoms with Crippen molar-refractivity contribution in [2.24, 2.45) is 0 Å². The molecular weight excluding hydrogens is 404 g/mol. The molecule has 0 spiro atoms. The van der Waals surface area contributed by atoms with Gasteiger partial charge >= 0.3 is 0 Å². The molecule has 2 aromatic carbocycles. The van der Waals surface area contributed by atoms with Crippen molar-refractivity contribution in [1.82, 2.24) is 9.96 Å². The Balaban J connectivity index is 2.22. The van der Waals surface area contributed by atoms with Gasteiger partial charge in [-0.1, -0.05) is 30.2 Å². The summed E-state index contributed by atoms with van der Waals surface area (Å²) in [6, 6.07) is 12.1. The van der Waals surface area contributed by atoms with Crippen molar-refractivity contribution < 1.29 is 23.2 Å². The van der Waals surface area contributed by atoms with E-state index in [0.717, 1.165) is 12.1 Å². The zero-order valence-corrected chi connectivity index (χ0v) is 18.1. The summed E-state index contributed by atoms with van der Waals surface area (Å²) in [6.07, 6.45) is 0.208. The Labute approximate surface area is 177 Å². The summed E-state index contributed by atoms with van der Waals surface area (Å²) in [5.74, 6) is 5.51. The Hall–Kier alpha value is -2.86. The lowest BCUT2D eigenvalue weighted by atomic mass is 10.1. The average Bonchev–Trinajstić information content (AvgIpc) is 2.72. The monoisotopic (exact) mass is 430 g/mol. The minimum Gasteiger partial charge on any atom is -0.481 e. The number of nitrogens with zero attached hydrogens (tertiary/aromatic N) is 2. The van der Waals surface area contributed by atoms with E-state index in [1.807, 2.05) is 31.1 Å². The van der Waals surface area contributed by atoms with Crippen LogP contribution in [-0.2, 0) is 21.2 Å². The van der Waals surface area contributed by atoms with Gasteiger partial charge < -0.3 is 9.64 Å². The fraction of sp³-hybridized carbons (Fsp3) is 0.318. The molecule has 2 aromatic rings. The molecule has 0 radical (unpaired) electrons. The lowest BCUT2D eigenvalue weighted by Crippen LogP contribution is -2.30. The zero-order chi connectivity index (χ0) is 22.1. The van der Waals surface area contributed by atoms with Gasteiger partial charge in [0, 0.05) is 6.54 Å². The normalized spacial score (nSPS) is 12.0. The van der Waals surface area contributed by atoms with Gasteiger partial charge in [0.2, 0.25) is 6.41 Å². The van der Waals surface area contributed by atoms with E-state index in [1.165, 1.54) is 12.1 Å². The van der Waals surface area contributed by atoms with Crippen molar-refractivity contribution in [2.75, 3.05) is 26.5 Å². The standard InChI is InChI=1S/C22H26N2O5S/c1-4-5-14-29-20-10-12-21(13-11-20)30(27,28)16-22(24(26)17-25)19-8-6-18(7-9-19)15-23(2)3/h6-13,17,22,26H,14-16H2,1-3H3. The Morgan fingerprint density at radius 3 is 2.27 bits per heavy atom. The maximum Gasteiger partial charge on any atom is 0.233 e. The van der Waals surface area contributed by atoms with Crippen LogP contribution >= 0.6 is 0 Å². The molecule has 2 rings (SSSR count). The van der Waals surface area contributed by atoms with Crippen LogP contribution in [0.15, 0.2) is 53.4 Å². The maximum absolute atomic E-state index is 12.9. The van der Waals surface area contributed by atoms with Crippen molar-refractivity contribution in [3.63, 3.8) is 0 Å². The largest absolute Gasteiger partial charge is 0.481 e. The second kappa shape index (κ2) is 10.8. The fourth-order valence-corrected chi connectivity index (χ4v) is 4.35. The number of carbonyl (C=O) groups excluding carboxylic acids is 1. The van der Waals surface area contributed by atoms with Crippen LogP contribution in [0.2, 0.25) is 0 Å². The zero-order valence-electron chi connectivity index (χ0n) is 17.3. The first-order valence-corrected chi connectivity index (χ1v) is 10.9. The summed E-state index contributed by atoms with van der Waals surface area (Å²) >= 11 is 0. The molecule has 1 atom stereocenters. The first-order valence-electron chi connectivity index (χ1n) is 9.28. The van der Waals surface area contributed by atoms with Gasteiger partial charge in [0.1, 0.15) is 12.4 Å². The number of hydroxylamine groups is 2. The first-order chi connectivity index (χ1) is 14.3. The quantitative estimate of drug-likeness (QED) is 0.270. The fourth-order valence-electron chi connectivity index (χ4n) is 2.85. The number of carbonyl (C=O) groups is 1. The average molecular weight is 431 g/mol. The van der Waals surface area contributed by atoms with Gasteiger partial charge in [-0.2, -0.15) is 0 Å². The molecule has 8 heteroatoms. The second-order valence-corrected chi connectivity index (χ2v) is 8.98. The summed E-state index contributed by atoms with van der Waals surface area (Å²) in [5.41, 5.74) is 1.55. The maximum atomic E-state index is 12.9. The molecule has 0 heterocycles. The summed E-state index contributed by atoms with van der Waals surface area (Å²) in [7, 11) is 0.100. The number of sulfone groups is 1. The van der Waals surface area contributed by atoms with Crippen LogP contribution in [0.4, 0.5) is 0 Å². The molecule has 160 valence electrons. The van der Waals surface area contributed by atoms with Crippen LogP contribution in [0.1, 0.15) is 24.1 Å². The number of amides is 1. The molecule has 0 aliphatic rings. The molecule has 7 nitrogen and oxygen atoms in total. The van der Waals surface area contributed by atoms with Crippen molar-refractivity contribution in [1.29, 1.82) is 0 Å². The summed E-state index contributed by atoms with van der Waals surface area (Å²) < 4.78 is 31.2. The predicted octanol–water partition coefficient (Wildman–Crippen LogP) is 2.51. The van der Waals surface area contributed by atoms with Gasteiger partial charge in [-0.05, 0) is 56.4 Å². The molecule has 0 saturated heterocycles. The third kappa shape index (κ3) is 6.59. The van der Waals surface area contributed by atoms with E-state index < -0.39 is 21.6 Å². The summed E-state index contributed by atoms with van der Waals surface area (Å²) in [6.45, 7) is 2.64. The molecule has 1 amide bonds. The van der Waals surface area contributed by atoms with E-state index in [4.69, 9.17) is 4.74 Å². The Morgan fingerprint density at radius 2 is 1.73 bits per heavy atom. The van der Waals surface area contributed by atoms with Crippen LogP contribution in [0.25, 0.3) is 0 Å². The minimum atomic E-state index is -3.79. The lowest BCUT2D eigenvalue weighted by molar-refractivity contribution is -0.158. The van der Waals surface area contributed by atoms with Crippen LogP contribution in [0.3, 0.4) is 0 Å². The topological polar surface area (TPSA) is 87.2 Å². The molecule has 0 fully saturated rings. The van der Waals surface area contributed by atoms with Crippen molar-refractivity contribution in [3.8, 4) is 17.6 Å². The van der Waals surface area contributed by atoms with Crippen LogP contribution in [-0.4, -0.2) is 56.5 Å². The van der Waals surface area contributed by atoms with Gasteiger partial charge in [-0.15, -0.1) is 5.92 Å². The number of ether oxygens (including phenoxy) is 1. The van der Waals surface area contributed by atoms with Crippen LogP contribution < -0.4 is 4.74 Å². The highest BCUT2D eigenvalue weighted by molar-refractivity contribution is 7.91. The molecule has 0 aliphatic carbocycles. The predicted molar refractivity (Wildman–Crippen MR) is 114 cm³/mol. The highest BCUT2D eigenvalue weighted by atomic mass is 32.2. The third-order valence-corrected chi connectivity index (χ3v) is 6.08. The molecule has 0 bridgehead atoms. The van der Waals surface area contributed by atoms with E-state index in [2.05, 4.69) is 11.8 Å².